The van der Waals surface area contributed by atoms with Gasteiger partial charge < -0.3 is 0 Å². The molecule has 10 nitrogen and oxygen atoms in total. The average Bonchev–Trinajstić information content (AvgIpc) is 2.90. The molecule has 1 aromatic rings. The van der Waals surface area contributed by atoms with Gasteiger partial charge in [-0.3, -0.25) is 45.0 Å². The Morgan fingerprint density at radius 2 is 2.00 bits per heavy atom. The van der Waals surface area contributed by atoms with Gasteiger partial charge in [-0.1, -0.05) is 6.07 Å². The minimum absolute atomic E-state index is 0.0413. The minimum atomic E-state index is -1.05. The number of rotatable bonds is 6. The molecule has 0 aromatic heterocycles. The lowest BCUT2D eigenvalue weighted by atomic mass is 10.0. The van der Waals surface area contributed by atoms with E-state index in [0.717, 1.165) is 4.90 Å². The molecule has 1 atom stereocenters. The van der Waals surface area contributed by atoms with Crippen molar-refractivity contribution in [2.45, 2.75) is 25.3 Å². The summed E-state index contributed by atoms with van der Waals surface area (Å²) in [5, 5.41) is 2.14. The number of benzene rings is 1. The maximum Gasteiger partial charge on any atom is 0.264 e. The Kier molecular flexibility index (Phi) is 5.38. The second-order valence-corrected chi connectivity index (χ2v) is 6.25. The van der Waals surface area contributed by atoms with Crippen LogP contribution in [0.4, 0.5) is 5.69 Å². The predicted octanol–water partition coefficient (Wildman–Crippen LogP) is -0.336. The van der Waals surface area contributed by atoms with Gasteiger partial charge in [-0.15, -0.1) is 0 Å². The molecular formula is C16H16ClN5O5. The number of halogens is 1. The molecular weight excluding hydrogens is 378 g/mol. The van der Waals surface area contributed by atoms with E-state index in [4.69, 9.17) is 11.8 Å². The molecule has 0 aliphatic carbocycles. The quantitative estimate of drug-likeness (QED) is 0.295. The van der Waals surface area contributed by atoms with Gasteiger partial charge in [0, 0.05) is 19.4 Å². The van der Waals surface area contributed by atoms with Gasteiger partial charge in [-0.05, 0) is 30.3 Å². The van der Waals surface area contributed by atoms with Gasteiger partial charge in [0.15, 0.2) is 0 Å². The molecule has 1 fully saturated rings. The van der Waals surface area contributed by atoms with E-state index in [0.29, 0.717) is 0 Å². The van der Waals surface area contributed by atoms with Crippen molar-refractivity contribution >= 4 is 47.0 Å². The number of amides is 5. The minimum Gasteiger partial charge on any atom is -0.298 e. The number of hydrazine groups is 1. The summed E-state index contributed by atoms with van der Waals surface area (Å²) in [6, 6.07) is 3.49. The topological polar surface area (TPSA) is 137 Å². The van der Waals surface area contributed by atoms with Crippen LogP contribution in [-0.4, -0.2) is 47.0 Å². The van der Waals surface area contributed by atoms with Crippen LogP contribution in [0.3, 0.4) is 0 Å². The lowest BCUT2D eigenvalue weighted by Crippen LogP contribution is -2.54. The second-order valence-electron chi connectivity index (χ2n) is 5.98. The number of carbonyl (C=O) groups excluding carboxylic acids is 5. The third-order valence-electron chi connectivity index (χ3n) is 4.25. The fraction of sp³-hybridized carbons (Fsp3) is 0.312. The van der Waals surface area contributed by atoms with E-state index < -0.39 is 29.7 Å². The largest absolute Gasteiger partial charge is 0.298 e. The number of anilines is 1. The molecule has 2 aliphatic rings. The first-order valence-corrected chi connectivity index (χ1v) is 8.54. The Hall–Kier alpha value is -2.98. The number of nitrogens with one attached hydrogen (secondary N) is 4. The summed E-state index contributed by atoms with van der Waals surface area (Å²) in [6.07, 6.45) is 0.210. The van der Waals surface area contributed by atoms with E-state index >= 15 is 0 Å². The van der Waals surface area contributed by atoms with Crippen LogP contribution in [-0.2, 0) is 14.4 Å². The van der Waals surface area contributed by atoms with Gasteiger partial charge in [0.05, 0.1) is 16.8 Å². The number of piperidine rings is 1. The first-order valence-electron chi connectivity index (χ1n) is 8.17. The number of fused-ring (bicyclic) bond motifs is 1. The van der Waals surface area contributed by atoms with Crippen LogP contribution in [0.2, 0.25) is 0 Å². The molecule has 3 rings (SSSR count). The molecule has 142 valence electrons. The summed E-state index contributed by atoms with van der Waals surface area (Å²) >= 11 is 5.29. The van der Waals surface area contributed by atoms with Gasteiger partial charge in [0.25, 0.3) is 11.8 Å². The first kappa shape index (κ1) is 18.8. The van der Waals surface area contributed by atoms with Crippen molar-refractivity contribution in [1.29, 1.82) is 0 Å². The van der Waals surface area contributed by atoms with Crippen molar-refractivity contribution in [1.82, 2.24) is 20.5 Å². The summed E-state index contributed by atoms with van der Waals surface area (Å²) < 4.78 is 0. The zero-order chi connectivity index (χ0) is 19.6. The Morgan fingerprint density at radius 3 is 2.70 bits per heavy atom. The number of hydrogen-bond acceptors (Lipinski definition) is 7. The normalized spacial score (nSPS) is 19.0. The van der Waals surface area contributed by atoms with E-state index in [9.17, 15) is 24.0 Å². The van der Waals surface area contributed by atoms with Crippen LogP contribution in [0.1, 0.15) is 40.0 Å². The van der Waals surface area contributed by atoms with E-state index in [1.54, 1.807) is 6.07 Å². The Morgan fingerprint density at radius 1 is 1.22 bits per heavy atom. The molecule has 0 saturated carbocycles. The molecule has 27 heavy (non-hydrogen) atoms. The number of imide groups is 2. The standard InChI is InChI=1S/C16H16ClN5O5/c17-18-7-6-12(24)21-20-9-3-1-2-8-13(9)16(27)22(15(8)26)10-4-5-11(23)19-14(10)25/h1-3,10,18,20H,4-7H2,(H,21,24)(H,19,23,25). The molecule has 11 heteroatoms. The molecule has 2 heterocycles. The second kappa shape index (κ2) is 7.72. The molecule has 4 N–H and O–H groups in total. The van der Waals surface area contributed by atoms with Crippen LogP contribution in [0.15, 0.2) is 18.2 Å². The Bertz CT molecular complexity index is 842. The zero-order valence-electron chi connectivity index (χ0n) is 14.0. The van der Waals surface area contributed by atoms with E-state index in [-0.39, 0.29) is 48.5 Å². The number of hydrogen-bond donors (Lipinski definition) is 4. The highest BCUT2D eigenvalue weighted by molar-refractivity contribution is 6.25. The van der Waals surface area contributed by atoms with E-state index in [2.05, 4.69) is 21.0 Å². The van der Waals surface area contributed by atoms with Crippen LogP contribution in [0.25, 0.3) is 0 Å². The highest BCUT2D eigenvalue weighted by Crippen LogP contribution is 2.32. The van der Waals surface area contributed by atoms with E-state index in [1.165, 1.54) is 12.1 Å². The van der Waals surface area contributed by atoms with Crippen LogP contribution < -0.4 is 21.0 Å². The van der Waals surface area contributed by atoms with Gasteiger partial charge in [-0.25, -0.2) is 4.84 Å². The molecule has 1 aromatic carbocycles. The summed E-state index contributed by atoms with van der Waals surface area (Å²) in [7, 11) is 0. The molecule has 0 spiro atoms. The summed E-state index contributed by atoms with van der Waals surface area (Å²) in [5.74, 6) is -2.78. The van der Waals surface area contributed by atoms with Gasteiger partial charge in [0.2, 0.25) is 17.7 Å². The fourth-order valence-electron chi connectivity index (χ4n) is 2.98. The molecule has 0 bridgehead atoms. The van der Waals surface area contributed by atoms with Crippen LogP contribution in [0.5, 0.6) is 0 Å². The maximum absolute atomic E-state index is 12.8. The van der Waals surface area contributed by atoms with Crippen LogP contribution >= 0.6 is 11.8 Å². The van der Waals surface area contributed by atoms with Crippen molar-refractivity contribution in [3.05, 3.63) is 29.3 Å². The molecule has 5 amide bonds. The lowest BCUT2D eigenvalue weighted by Gasteiger charge is -2.27. The molecule has 1 saturated heterocycles. The van der Waals surface area contributed by atoms with Gasteiger partial charge in [-0.2, -0.15) is 0 Å². The Labute approximate surface area is 158 Å². The molecule has 1 unspecified atom stereocenters. The molecule has 2 aliphatic heterocycles. The third-order valence-corrected chi connectivity index (χ3v) is 4.44. The third kappa shape index (κ3) is 3.62. The summed E-state index contributed by atoms with van der Waals surface area (Å²) in [6.45, 7) is 0.253. The summed E-state index contributed by atoms with van der Waals surface area (Å²) in [4.78, 5) is 63.7. The zero-order valence-corrected chi connectivity index (χ0v) is 14.8. The smallest absolute Gasteiger partial charge is 0.264 e. The van der Waals surface area contributed by atoms with Crippen molar-refractivity contribution in [3.63, 3.8) is 0 Å². The highest BCUT2D eigenvalue weighted by Gasteiger charge is 2.45. The predicted molar refractivity (Wildman–Crippen MR) is 93.4 cm³/mol. The monoisotopic (exact) mass is 393 g/mol. The van der Waals surface area contributed by atoms with Crippen molar-refractivity contribution in [2.75, 3.05) is 12.0 Å². The lowest BCUT2D eigenvalue weighted by molar-refractivity contribution is -0.136. The fourth-order valence-corrected chi connectivity index (χ4v) is 3.07. The van der Waals surface area contributed by atoms with Gasteiger partial charge >= 0.3 is 0 Å². The highest BCUT2D eigenvalue weighted by atomic mass is 35.5. The Balaban J connectivity index is 1.81. The average molecular weight is 394 g/mol. The SMILES string of the molecule is O=C(CCNCl)NNc1cccc2c1C(=O)N(C1CCC(=O)NC1=O)C2=O. The van der Waals surface area contributed by atoms with Gasteiger partial charge in [0.1, 0.15) is 6.04 Å². The molecule has 0 radical (unpaired) electrons. The number of nitrogens with zero attached hydrogens (tertiary/aromatic N) is 1. The number of carbonyl (C=O) groups is 5. The van der Waals surface area contributed by atoms with Crippen molar-refractivity contribution < 1.29 is 24.0 Å². The summed E-state index contributed by atoms with van der Waals surface area (Å²) in [5.41, 5.74) is 5.44. The van der Waals surface area contributed by atoms with Crippen molar-refractivity contribution in [3.8, 4) is 0 Å². The van der Waals surface area contributed by atoms with E-state index in [1.807, 2.05) is 0 Å². The first-order chi connectivity index (χ1) is 12.9. The maximum atomic E-state index is 12.8. The van der Waals surface area contributed by atoms with Crippen molar-refractivity contribution in [2.24, 2.45) is 0 Å². The van der Waals surface area contributed by atoms with Crippen LogP contribution in [0, 0.1) is 0 Å².